The SMILES string of the molecule is COc1ccc2c(c1)C(c1ccc(N)c(Cl)c1)=NN(C(C)=O)C(C)C2. The van der Waals surface area contributed by atoms with E-state index in [9.17, 15) is 4.79 Å². The van der Waals surface area contributed by atoms with Crippen molar-refractivity contribution < 1.29 is 9.53 Å². The summed E-state index contributed by atoms with van der Waals surface area (Å²) in [4.78, 5) is 12.1. The number of ether oxygens (including phenoxy) is 1. The summed E-state index contributed by atoms with van der Waals surface area (Å²) >= 11 is 6.20. The molecular formula is C19H20ClN3O2. The third-order valence-electron chi connectivity index (χ3n) is 4.31. The fourth-order valence-corrected chi connectivity index (χ4v) is 3.19. The van der Waals surface area contributed by atoms with Gasteiger partial charge in [-0.25, -0.2) is 5.01 Å². The molecule has 0 radical (unpaired) electrons. The maximum atomic E-state index is 12.1. The van der Waals surface area contributed by atoms with E-state index in [-0.39, 0.29) is 11.9 Å². The highest BCUT2D eigenvalue weighted by Crippen LogP contribution is 2.29. The summed E-state index contributed by atoms with van der Waals surface area (Å²) in [5.74, 6) is 0.628. The number of fused-ring (bicyclic) bond motifs is 1. The van der Waals surface area contributed by atoms with Crippen LogP contribution in [0.3, 0.4) is 0 Å². The van der Waals surface area contributed by atoms with E-state index in [1.807, 2.05) is 31.2 Å². The third-order valence-corrected chi connectivity index (χ3v) is 4.64. The van der Waals surface area contributed by atoms with Gasteiger partial charge >= 0.3 is 0 Å². The molecule has 0 aliphatic carbocycles. The summed E-state index contributed by atoms with van der Waals surface area (Å²) in [7, 11) is 1.62. The quantitative estimate of drug-likeness (QED) is 0.837. The summed E-state index contributed by atoms with van der Waals surface area (Å²) in [6.45, 7) is 3.50. The number of nitrogen functional groups attached to an aromatic ring is 1. The number of hydrogen-bond acceptors (Lipinski definition) is 4. The van der Waals surface area contributed by atoms with Gasteiger partial charge in [0.25, 0.3) is 0 Å². The molecule has 0 fully saturated rings. The lowest BCUT2D eigenvalue weighted by Gasteiger charge is -2.21. The summed E-state index contributed by atoms with van der Waals surface area (Å²) in [6, 6.07) is 11.2. The smallest absolute Gasteiger partial charge is 0.239 e. The van der Waals surface area contributed by atoms with E-state index in [1.165, 1.54) is 11.9 Å². The molecule has 1 heterocycles. The van der Waals surface area contributed by atoms with Gasteiger partial charge in [-0.1, -0.05) is 23.7 Å². The first-order chi connectivity index (χ1) is 11.9. The van der Waals surface area contributed by atoms with E-state index in [1.54, 1.807) is 19.2 Å². The molecule has 0 aromatic heterocycles. The number of nitrogens with zero attached hydrogens (tertiary/aromatic N) is 2. The van der Waals surface area contributed by atoms with Crippen molar-refractivity contribution in [1.29, 1.82) is 0 Å². The predicted octanol–water partition coefficient (Wildman–Crippen LogP) is 3.48. The van der Waals surface area contributed by atoms with Crippen LogP contribution in [0.5, 0.6) is 5.75 Å². The van der Waals surface area contributed by atoms with E-state index in [0.717, 1.165) is 22.4 Å². The van der Waals surface area contributed by atoms with Crippen LogP contribution in [0.25, 0.3) is 0 Å². The van der Waals surface area contributed by atoms with Crippen molar-refractivity contribution in [1.82, 2.24) is 5.01 Å². The Morgan fingerprint density at radius 3 is 2.72 bits per heavy atom. The number of carbonyl (C=O) groups excluding carboxylic acids is 1. The summed E-state index contributed by atoms with van der Waals surface area (Å²) in [6.07, 6.45) is 0.703. The fourth-order valence-electron chi connectivity index (χ4n) is 3.01. The zero-order valence-electron chi connectivity index (χ0n) is 14.4. The van der Waals surface area contributed by atoms with E-state index >= 15 is 0 Å². The topological polar surface area (TPSA) is 67.9 Å². The maximum absolute atomic E-state index is 12.1. The molecule has 1 atom stereocenters. The van der Waals surface area contributed by atoms with E-state index in [4.69, 9.17) is 22.1 Å². The minimum absolute atomic E-state index is 0.0496. The van der Waals surface area contributed by atoms with Crippen LogP contribution < -0.4 is 10.5 Å². The summed E-state index contributed by atoms with van der Waals surface area (Å²) in [5, 5.41) is 6.63. The van der Waals surface area contributed by atoms with Crippen LogP contribution in [-0.4, -0.2) is 29.8 Å². The standard InChI is InChI=1S/C19H20ClN3O2/c1-11-8-13-4-6-15(25-3)10-16(13)19(22-23(11)12(2)24)14-5-7-18(21)17(20)9-14/h4-7,9-11H,8,21H2,1-3H3. The Balaban J connectivity index is 2.24. The van der Waals surface area contributed by atoms with Gasteiger partial charge in [0.05, 0.1) is 29.6 Å². The Hall–Kier alpha value is -2.53. The van der Waals surface area contributed by atoms with Gasteiger partial charge in [-0.3, -0.25) is 4.79 Å². The molecule has 1 amide bonds. The van der Waals surface area contributed by atoms with Gasteiger partial charge < -0.3 is 10.5 Å². The number of nitrogens with two attached hydrogens (primary N) is 1. The Bertz CT molecular complexity index is 864. The van der Waals surface area contributed by atoms with Crippen molar-refractivity contribution in [2.75, 3.05) is 12.8 Å². The normalized spacial score (nSPS) is 16.7. The molecule has 25 heavy (non-hydrogen) atoms. The average Bonchev–Trinajstić information content (AvgIpc) is 2.73. The lowest BCUT2D eigenvalue weighted by atomic mass is 9.94. The lowest BCUT2D eigenvalue weighted by Crippen LogP contribution is -2.33. The monoisotopic (exact) mass is 357 g/mol. The van der Waals surface area contributed by atoms with Crippen molar-refractivity contribution in [2.24, 2.45) is 5.10 Å². The number of halogens is 1. The molecule has 0 saturated carbocycles. The molecule has 5 nitrogen and oxygen atoms in total. The molecule has 6 heteroatoms. The first-order valence-electron chi connectivity index (χ1n) is 8.01. The molecule has 1 unspecified atom stereocenters. The summed E-state index contributed by atoms with van der Waals surface area (Å²) < 4.78 is 5.37. The van der Waals surface area contributed by atoms with Crippen LogP contribution in [0.15, 0.2) is 41.5 Å². The molecule has 2 aromatic rings. The largest absolute Gasteiger partial charge is 0.497 e. The van der Waals surface area contributed by atoms with E-state index < -0.39 is 0 Å². The van der Waals surface area contributed by atoms with Gasteiger partial charge in [-0.15, -0.1) is 0 Å². The average molecular weight is 358 g/mol. The molecule has 1 aliphatic rings. The minimum Gasteiger partial charge on any atom is -0.497 e. The molecule has 0 bridgehead atoms. The molecule has 3 rings (SSSR count). The molecule has 0 spiro atoms. The van der Waals surface area contributed by atoms with Gasteiger partial charge in [0.15, 0.2) is 0 Å². The van der Waals surface area contributed by atoms with Gasteiger partial charge in [-0.2, -0.15) is 5.10 Å². The number of rotatable bonds is 2. The number of hydrogen-bond donors (Lipinski definition) is 1. The predicted molar refractivity (Wildman–Crippen MR) is 100 cm³/mol. The van der Waals surface area contributed by atoms with Gasteiger partial charge in [0.1, 0.15) is 5.75 Å². The zero-order valence-corrected chi connectivity index (χ0v) is 15.2. The maximum Gasteiger partial charge on any atom is 0.239 e. The Morgan fingerprint density at radius 2 is 2.08 bits per heavy atom. The van der Waals surface area contributed by atoms with Crippen molar-refractivity contribution in [3.8, 4) is 5.75 Å². The second-order valence-corrected chi connectivity index (χ2v) is 6.53. The molecule has 130 valence electrons. The van der Waals surface area contributed by atoms with Crippen molar-refractivity contribution in [3.05, 3.63) is 58.1 Å². The van der Waals surface area contributed by atoms with Crippen molar-refractivity contribution in [3.63, 3.8) is 0 Å². The lowest BCUT2D eigenvalue weighted by molar-refractivity contribution is -0.130. The number of benzene rings is 2. The third kappa shape index (κ3) is 3.33. The number of anilines is 1. The Labute approximate surface area is 152 Å². The molecule has 2 N–H and O–H groups in total. The minimum atomic E-state index is -0.105. The van der Waals surface area contributed by atoms with Crippen molar-refractivity contribution in [2.45, 2.75) is 26.3 Å². The number of amides is 1. The number of hydrazone groups is 1. The highest BCUT2D eigenvalue weighted by atomic mass is 35.5. The van der Waals surface area contributed by atoms with E-state index in [0.29, 0.717) is 22.8 Å². The zero-order chi connectivity index (χ0) is 18.1. The van der Waals surface area contributed by atoms with Crippen LogP contribution >= 0.6 is 11.6 Å². The first kappa shape index (κ1) is 17.3. The molecular weight excluding hydrogens is 338 g/mol. The Kier molecular flexibility index (Phi) is 4.68. The molecule has 2 aromatic carbocycles. The highest BCUT2D eigenvalue weighted by molar-refractivity contribution is 6.33. The van der Waals surface area contributed by atoms with Crippen LogP contribution in [-0.2, 0) is 11.2 Å². The van der Waals surface area contributed by atoms with Crippen LogP contribution in [0, 0.1) is 0 Å². The van der Waals surface area contributed by atoms with Crippen LogP contribution in [0.4, 0.5) is 5.69 Å². The van der Waals surface area contributed by atoms with Gasteiger partial charge in [-0.05, 0) is 43.2 Å². The number of carbonyl (C=O) groups is 1. The van der Waals surface area contributed by atoms with Crippen molar-refractivity contribution >= 4 is 28.9 Å². The first-order valence-corrected chi connectivity index (χ1v) is 8.39. The Morgan fingerprint density at radius 1 is 1.32 bits per heavy atom. The molecule has 1 aliphatic heterocycles. The number of methoxy groups -OCH3 is 1. The second kappa shape index (κ2) is 6.76. The summed E-state index contributed by atoms with van der Waals surface area (Å²) in [5.41, 5.74) is 9.84. The molecule has 0 saturated heterocycles. The van der Waals surface area contributed by atoms with Crippen LogP contribution in [0.1, 0.15) is 30.5 Å². The van der Waals surface area contributed by atoms with Gasteiger partial charge in [0, 0.05) is 18.1 Å². The second-order valence-electron chi connectivity index (χ2n) is 6.12. The van der Waals surface area contributed by atoms with Crippen LogP contribution in [0.2, 0.25) is 5.02 Å². The highest BCUT2D eigenvalue weighted by Gasteiger charge is 2.26. The van der Waals surface area contributed by atoms with E-state index in [2.05, 4.69) is 5.10 Å². The van der Waals surface area contributed by atoms with Gasteiger partial charge in [0.2, 0.25) is 5.91 Å². The fraction of sp³-hybridized carbons (Fsp3) is 0.263.